The molecule has 116 valence electrons. The minimum absolute atomic E-state index is 0.0853. The molecule has 0 radical (unpaired) electrons. The third-order valence-electron chi connectivity index (χ3n) is 4.85. The summed E-state index contributed by atoms with van der Waals surface area (Å²) in [7, 11) is 0. The molecule has 2 saturated heterocycles. The highest BCUT2D eigenvalue weighted by Gasteiger charge is 2.32. The minimum Gasteiger partial charge on any atom is -0.329 e. The molecule has 3 rings (SSSR count). The van der Waals surface area contributed by atoms with Crippen molar-refractivity contribution in [2.75, 3.05) is 32.7 Å². The van der Waals surface area contributed by atoms with E-state index >= 15 is 0 Å². The Labute approximate surface area is 130 Å². The fourth-order valence-corrected chi connectivity index (χ4v) is 4.00. The molecular weight excluding hydrogens is 289 g/mol. The van der Waals surface area contributed by atoms with Crippen LogP contribution in [0.3, 0.4) is 0 Å². The molecule has 5 heteroatoms. The van der Waals surface area contributed by atoms with E-state index in [4.69, 9.17) is 17.3 Å². The highest BCUT2D eigenvalue weighted by Crippen LogP contribution is 2.31. The first-order chi connectivity index (χ1) is 10.2. The maximum absolute atomic E-state index is 13.2. The summed E-state index contributed by atoms with van der Waals surface area (Å²) in [6, 6.07) is 5.36. The Morgan fingerprint density at radius 2 is 2.14 bits per heavy atom. The Morgan fingerprint density at radius 3 is 2.90 bits per heavy atom. The molecule has 2 unspecified atom stereocenters. The van der Waals surface area contributed by atoms with E-state index in [1.165, 1.54) is 37.9 Å². The lowest BCUT2D eigenvalue weighted by Crippen LogP contribution is -2.56. The van der Waals surface area contributed by atoms with Gasteiger partial charge in [-0.3, -0.25) is 9.80 Å². The number of benzene rings is 1. The summed E-state index contributed by atoms with van der Waals surface area (Å²) < 4.78 is 13.2. The molecule has 2 atom stereocenters. The van der Waals surface area contributed by atoms with Gasteiger partial charge >= 0.3 is 0 Å². The summed E-state index contributed by atoms with van der Waals surface area (Å²) >= 11 is 6.23. The summed E-state index contributed by atoms with van der Waals surface area (Å²) in [5, 5.41) is 0.483. The number of nitrogens with two attached hydrogens (primary N) is 1. The molecule has 0 aromatic heterocycles. The topological polar surface area (TPSA) is 32.5 Å². The molecule has 1 aromatic carbocycles. The molecular formula is C16H23ClFN3. The number of hydrogen-bond acceptors (Lipinski definition) is 3. The number of piperidine rings is 1. The molecule has 21 heavy (non-hydrogen) atoms. The van der Waals surface area contributed by atoms with E-state index in [1.54, 1.807) is 6.07 Å². The second-order valence-corrected chi connectivity index (χ2v) is 6.51. The third kappa shape index (κ3) is 3.24. The monoisotopic (exact) mass is 311 g/mol. The number of hydrogen-bond donors (Lipinski definition) is 1. The largest absolute Gasteiger partial charge is 0.329 e. The zero-order chi connectivity index (χ0) is 14.8. The average molecular weight is 312 g/mol. The van der Waals surface area contributed by atoms with Gasteiger partial charge in [-0.15, -0.1) is 0 Å². The van der Waals surface area contributed by atoms with E-state index in [9.17, 15) is 4.39 Å². The highest BCUT2D eigenvalue weighted by atomic mass is 35.5. The van der Waals surface area contributed by atoms with Crippen LogP contribution < -0.4 is 5.73 Å². The van der Waals surface area contributed by atoms with Crippen molar-refractivity contribution < 1.29 is 4.39 Å². The zero-order valence-corrected chi connectivity index (χ0v) is 13.0. The Kier molecular flexibility index (Phi) is 4.79. The van der Waals surface area contributed by atoms with Gasteiger partial charge in [-0.1, -0.05) is 24.1 Å². The van der Waals surface area contributed by atoms with Crippen LogP contribution in [0.25, 0.3) is 0 Å². The van der Waals surface area contributed by atoms with Crippen LogP contribution in [0, 0.1) is 5.82 Å². The molecule has 3 nitrogen and oxygen atoms in total. The summed E-state index contributed by atoms with van der Waals surface area (Å²) in [4.78, 5) is 5.02. The molecule has 2 fully saturated rings. The Bertz CT molecular complexity index is 496. The van der Waals surface area contributed by atoms with Crippen molar-refractivity contribution >= 4 is 11.6 Å². The molecule has 0 spiro atoms. The number of rotatable bonds is 3. The fraction of sp³-hybridized carbons (Fsp3) is 0.625. The van der Waals surface area contributed by atoms with Crippen molar-refractivity contribution in [1.82, 2.24) is 9.80 Å². The molecule has 1 aromatic rings. The van der Waals surface area contributed by atoms with E-state index in [0.717, 1.165) is 25.2 Å². The van der Waals surface area contributed by atoms with Gasteiger partial charge in [-0.25, -0.2) is 4.39 Å². The molecule has 0 saturated carbocycles. The SMILES string of the molecule is NCC(c1ccc(F)cc1Cl)N1CCN2CCCCC2C1. The highest BCUT2D eigenvalue weighted by molar-refractivity contribution is 6.31. The molecule has 0 aliphatic carbocycles. The molecule has 2 aliphatic rings. The van der Waals surface area contributed by atoms with Crippen LogP contribution >= 0.6 is 11.6 Å². The van der Waals surface area contributed by atoms with Crippen molar-refractivity contribution in [1.29, 1.82) is 0 Å². The maximum Gasteiger partial charge on any atom is 0.124 e. The fourth-order valence-electron chi connectivity index (χ4n) is 3.71. The quantitative estimate of drug-likeness (QED) is 0.931. The second-order valence-electron chi connectivity index (χ2n) is 6.10. The van der Waals surface area contributed by atoms with Crippen LogP contribution in [0.15, 0.2) is 18.2 Å². The molecule has 0 bridgehead atoms. The lowest BCUT2D eigenvalue weighted by Gasteiger charge is -2.46. The standard InChI is InChI=1S/C16H23ClFN3/c17-15-9-12(18)4-5-14(15)16(10-19)21-8-7-20-6-2-1-3-13(20)11-21/h4-5,9,13,16H,1-3,6-8,10-11,19H2. The number of halogens is 2. The van der Waals surface area contributed by atoms with Crippen molar-refractivity contribution in [3.63, 3.8) is 0 Å². The first kappa shape index (κ1) is 15.2. The van der Waals surface area contributed by atoms with E-state index in [1.807, 2.05) is 0 Å². The second kappa shape index (κ2) is 6.61. The molecule has 0 amide bonds. The summed E-state index contributed by atoms with van der Waals surface area (Å²) in [6.07, 6.45) is 3.91. The summed E-state index contributed by atoms with van der Waals surface area (Å²) in [5.41, 5.74) is 6.95. The van der Waals surface area contributed by atoms with Gasteiger partial charge < -0.3 is 5.73 Å². The van der Waals surface area contributed by atoms with Crippen LogP contribution in [0.5, 0.6) is 0 Å². The van der Waals surface area contributed by atoms with Gasteiger partial charge in [0, 0.05) is 43.3 Å². The normalized spacial score (nSPS) is 25.6. The molecule has 2 N–H and O–H groups in total. The van der Waals surface area contributed by atoms with Gasteiger partial charge in [0.25, 0.3) is 0 Å². The first-order valence-corrected chi connectivity index (χ1v) is 8.20. The van der Waals surface area contributed by atoms with E-state index in [-0.39, 0.29) is 11.9 Å². The lowest BCUT2D eigenvalue weighted by molar-refractivity contribution is 0.0286. The predicted octanol–water partition coefficient (Wildman–Crippen LogP) is 2.65. The Morgan fingerprint density at radius 1 is 1.29 bits per heavy atom. The first-order valence-electron chi connectivity index (χ1n) is 7.82. The van der Waals surface area contributed by atoms with Gasteiger partial charge in [0.2, 0.25) is 0 Å². The van der Waals surface area contributed by atoms with E-state index < -0.39 is 0 Å². The Balaban J connectivity index is 1.77. The van der Waals surface area contributed by atoms with Crippen molar-refractivity contribution in [3.8, 4) is 0 Å². The van der Waals surface area contributed by atoms with Crippen LogP contribution in [0.1, 0.15) is 30.9 Å². The molecule has 2 aliphatic heterocycles. The van der Waals surface area contributed by atoms with Gasteiger partial charge in [0.1, 0.15) is 5.82 Å². The third-order valence-corrected chi connectivity index (χ3v) is 5.18. The number of nitrogens with zero attached hydrogens (tertiary/aromatic N) is 2. The van der Waals surface area contributed by atoms with Crippen LogP contribution in [-0.4, -0.2) is 48.6 Å². The van der Waals surface area contributed by atoms with Gasteiger partial charge in [-0.2, -0.15) is 0 Å². The molecule has 2 heterocycles. The average Bonchev–Trinajstić information content (AvgIpc) is 2.50. The van der Waals surface area contributed by atoms with Crippen LogP contribution in [0.2, 0.25) is 5.02 Å². The minimum atomic E-state index is -0.295. The maximum atomic E-state index is 13.2. The number of piperazine rings is 1. The van der Waals surface area contributed by atoms with Gasteiger partial charge in [-0.05, 0) is 37.1 Å². The lowest BCUT2D eigenvalue weighted by atomic mass is 9.97. The van der Waals surface area contributed by atoms with Crippen molar-refractivity contribution in [3.05, 3.63) is 34.6 Å². The zero-order valence-electron chi connectivity index (χ0n) is 12.3. The number of fused-ring (bicyclic) bond motifs is 1. The van der Waals surface area contributed by atoms with E-state index in [2.05, 4.69) is 9.80 Å². The van der Waals surface area contributed by atoms with Crippen molar-refractivity contribution in [2.45, 2.75) is 31.3 Å². The summed E-state index contributed by atoms with van der Waals surface area (Å²) in [5.74, 6) is -0.295. The smallest absolute Gasteiger partial charge is 0.124 e. The van der Waals surface area contributed by atoms with Crippen LogP contribution in [0.4, 0.5) is 4.39 Å². The van der Waals surface area contributed by atoms with Crippen LogP contribution in [-0.2, 0) is 0 Å². The van der Waals surface area contributed by atoms with Crippen molar-refractivity contribution in [2.24, 2.45) is 5.73 Å². The van der Waals surface area contributed by atoms with E-state index in [0.29, 0.717) is 17.6 Å². The Hall–Kier alpha value is -0.680. The van der Waals surface area contributed by atoms with Gasteiger partial charge in [0.15, 0.2) is 0 Å². The predicted molar refractivity (Wildman–Crippen MR) is 84.0 cm³/mol. The summed E-state index contributed by atoms with van der Waals surface area (Å²) in [6.45, 7) is 4.88. The van der Waals surface area contributed by atoms with Gasteiger partial charge in [0.05, 0.1) is 0 Å².